The molecule has 0 aliphatic carbocycles. The van der Waals surface area contributed by atoms with Gasteiger partial charge in [0.2, 0.25) is 0 Å². The number of rotatable bonds is 4. The summed E-state index contributed by atoms with van der Waals surface area (Å²) < 4.78 is 40.0. The summed E-state index contributed by atoms with van der Waals surface area (Å²) in [5.41, 5.74) is 1.68. The highest BCUT2D eigenvalue weighted by Gasteiger charge is 2.24. The van der Waals surface area contributed by atoms with Crippen LogP contribution in [0.5, 0.6) is 0 Å². The van der Waals surface area contributed by atoms with Gasteiger partial charge in [-0.15, -0.1) is 11.3 Å². The molecule has 1 aliphatic rings. The number of carbonyl (C=O) groups excluding carboxylic acids is 1. The van der Waals surface area contributed by atoms with Gasteiger partial charge in [0.25, 0.3) is 5.91 Å². The first kappa shape index (κ1) is 19.6. The summed E-state index contributed by atoms with van der Waals surface area (Å²) in [7, 11) is 0. The third-order valence-corrected chi connectivity index (χ3v) is 5.79. The maximum absolute atomic E-state index is 13.9. The van der Waals surface area contributed by atoms with E-state index in [4.69, 9.17) is 0 Å². The van der Waals surface area contributed by atoms with Crippen LogP contribution in [-0.4, -0.2) is 46.9 Å². The van der Waals surface area contributed by atoms with Crippen molar-refractivity contribution in [2.24, 2.45) is 0 Å². The zero-order valence-electron chi connectivity index (χ0n) is 15.4. The number of aromatic nitrogens is 1. The second-order valence-corrected chi connectivity index (χ2v) is 7.70. The van der Waals surface area contributed by atoms with Crippen LogP contribution in [-0.2, 0) is 6.54 Å². The number of halogens is 3. The number of hydrogen-bond acceptors (Lipinski definition) is 4. The van der Waals surface area contributed by atoms with Crippen molar-refractivity contribution in [1.82, 2.24) is 14.8 Å². The molecule has 4 nitrogen and oxygen atoms in total. The number of carbonyl (C=O) groups is 1. The summed E-state index contributed by atoms with van der Waals surface area (Å²) >= 11 is 1.51. The molecule has 29 heavy (non-hydrogen) atoms. The van der Waals surface area contributed by atoms with Crippen LogP contribution in [0.15, 0.2) is 47.8 Å². The number of amides is 1. The average Bonchev–Trinajstić information content (AvgIpc) is 3.17. The highest BCUT2D eigenvalue weighted by atomic mass is 32.1. The van der Waals surface area contributed by atoms with Crippen molar-refractivity contribution in [2.45, 2.75) is 6.54 Å². The van der Waals surface area contributed by atoms with Crippen molar-refractivity contribution in [3.8, 4) is 10.6 Å². The highest BCUT2D eigenvalue weighted by Crippen LogP contribution is 2.25. The van der Waals surface area contributed by atoms with Gasteiger partial charge in [0, 0.05) is 49.7 Å². The van der Waals surface area contributed by atoms with Crippen LogP contribution in [0, 0.1) is 17.5 Å². The second-order valence-electron chi connectivity index (χ2n) is 6.84. The summed E-state index contributed by atoms with van der Waals surface area (Å²) in [6.07, 6.45) is 0. The Hall–Kier alpha value is -2.71. The molecule has 1 fully saturated rings. The fraction of sp³-hybridized carbons (Fsp3) is 0.238. The molecular formula is C21H18F3N3OS. The standard InChI is InChI=1S/C21H18F3N3OS/c22-15-3-1-14(2-4-15)20-25-17(13-29-20)12-26-7-9-27(10-8-26)21(28)18-6-5-16(23)11-19(18)24/h1-6,11,13H,7-10,12H2. The minimum Gasteiger partial charge on any atom is -0.336 e. The van der Waals surface area contributed by atoms with Gasteiger partial charge >= 0.3 is 0 Å². The Balaban J connectivity index is 1.34. The van der Waals surface area contributed by atoms with Crippen LogP contribution in [0.25, 0.3) is 10.6 Å². The normalized spacial score (nSPS) is 14.9. The Bertz CT molecular complexity index is 1010. The van der Waals surface area contributed by atoms with Crippen LogP contribution in [0.1, 0.15) is 16.1 Å². The van der Waals surface area contributed by atoms with E-state index in [9.17, 15) is 18.0 Å². The van der Waals surface area contributed by atoms with E-state index in [1.54, 1.807) is 17.0 Å². The molecule has 2 heterocycles. The van der Waals surface area contributed by atoms with Crippen molar-refractivity contribution in [2.75, 3.05) is 26.2 Å². The number of nitrogens with zero attached hydrogens (tertiary/aromatic N) is 3. The van der Waals surface area contributed by atoms with Crippen molar-refractivity contribution in [1.29, 1.82) is 0 Å². The molecule has 0 atom stereocenters. The maximum Gasteiger partial charge on any atom is 0.256 e. The number of thiazole rings is 1. The second kappa shape index (κ2) is 8.34. The zero-order valence-corrected chi connectivity index (χ0v) is 16.3. The average molecular weight is 417 g/mol. The molecule has 1 aromatic heterocycles. The SMILES string of the molecule is O=C(c1ccc(F)cc1F)N1CCN(Cc2csc(-c3ccc(F)cc3)n2)CC1. The van der Waals surface area contributed by atoms with Crippen LogP contribution >= 0.6 is 11.3 Å². The molecule has 3 aromatic rings. The summed E-state index contributed by atoms with van der Waals surface area (Å²) in [6, 6.07) is 9.24. The first-order valence-corrected chi connectivity index (χ1v) is 10.0. The fourth-order valence-corrected chi connectivity index (χ4v) is 4.09. The van der Waals surface area contributed by atoms with Crippen molar-refractivity contribution < 1.29 is 18.0 Å². The smallest absolute Gasteiger partial charge is 0.256 e. The molecular weight excluding hydrogens is 399 g/mol. The van der Waals surface area contributed by atoms with E-state index in [0.717, 1.165) is 28.4 Å². The van der Waals surface area contributed by atoms with E-state index >= 15 is 0 Å². The zero-order chi connectivity index (χ0) is 20.4. The minimum absolute atomic E-state index is 0.108. The van der Waals surface area contributed by atoms with Crippen LogP contribution < -0.4 is 0 Å². The van der Waals surface area contributed by atoms with Gasteiger partial charge in [-0.1, -0.05) is 0 Å². The molecule has 0 N–H and O–H groups in total. The first-order chi connectivity index (χ1) is 14.0. The van der Waals surface area contributed by atoms with Gasteiger partial charge < -0.3 is 4.90 Å². The van der Waals surface area contributed by atoms with Gasteiger partial charge in [-0.3, -0.25) is 9.69 Å². The van der Waals surface area contributed by atoms with E-state index in [1.807, 2.05) is 5.38 Å². The van der Waals surface area contributed by atoms with E-state index in [1.165, 1.54) is 29.5 Å². The first-order valence-electron chi connectivity index (χ1n) is 9.16. The lowest BCUT2D eigenvalue weighted by Crippen LogP contribution is -2.48. The van der Waals surface area contributed by atoms with Gasteiger partial charge in [0.15, 0.2) is 0 Å². The summed E-state index contributed by atoms with van der Waals surface area (Å²) in [4.78, 5) is 20.9. The molecule has 1 aliphatic heterocycles. The van der Waals surface area contributed by atoms with Gasteiger partial charge in [0.05, 0.1) is 11.3 Å². The van der Waals surface area contributed by atoms with Crippen molar-refractivity contribution in [3.05, 3.63) is 76.6 Å². The van der Waals surface area contributed by atoms with E-state index in [-0.39, 0.29) is 11.4 Å². The molecule has 4 rings (SSSR count). The molecule has 0 spiro atoms. The molecule has 1 amide bonds. The van der Waals surface area contributed by atoms with Crippen LogP contribution in [0.2, 0.25) is 0 Å². The van der Waals surface area contributed by atoms with E-state index in [2.05, 4.69) is 9.88 Å². The highest BCUT2D eigenvalue weighted by molar-refractivity contribution is 7.13. The molecule has 150 valence electrons. The number of piperazine rings is 1. The molecule has 2 aromatic carbocycles. The van der Waals surface area contributed by atoms with E-state index in [0.29, 0.717) is 32.7 Å². The van der Waals surface area contributed by atoms with Crippen LogP contribution in [0.4, 0.5) is 13.2 Å². The monoisotopic (exact) mass is 417 g/mol. The third-order valence-electron chi connectivity index (χ3n) is 4.85. The Morgan fingerprint density at radius 1 is 0.966 bits per heavy atom. The molecule has 1 saturated heterocycles. The molecule has 0 unspecified atom stereocenters. The summed E-state index contributed by atoms with van der Waals surface area (Å²) in [6.45, 7) is 2.84. The summed E-state index contributed by atoms with van der Waals surface area (Å²) in [5, 5.41) is 2.81. The topological polar surface area (TPSA) is 36.4 Å². The fourth-order valence-electron chi connectivity index (χ4n) is 3.28. The Kier molecular flexibility index (Phi) is 5.64. The van der Waals surface area contributed by atoms with Crippen molar-refractivity contribution >= 4 is 17.2 Å². The molecule has 0 radical (unpaired) electrons. The van der Waals surface area contributed by atoms with Gasteiger partial charge in [-0.2, -0.15) is 0 Å². The molecule has 0 bridgehead atoms. The summed E-state index contributed by atoms with van der Waals surface area (Å²) in [5.74, 6) is -2.24. The lowest BCUT2D eigenvalue weighted by Gasteiger charge is -2.34. The predicted octanol–water partition coefficient (Wildman–Crippen LogP) is 4.19. The van der Waals surface area contributed by atoms with E-state index < -0.39 is 17.5 Å². The lowest BCUT2D eigenvalue weighted by atomic mass is 10.1. The molecule has 8 heteroatoms. The Morgan fingerprint density at radius 3 is 2.34 bits per heavy atom. The Labute approximate surface area is 170 Å². The lowest BCUT2D eigenvalue weighted by molar-refractivity contribution is 0.0622. The number of hydrogen-bond donors (Lipinski definition) is 0. The van der Waals surface area contributed by atoms with Gasteiger partial charge in [-0.05, 0) is 36.4 Å². The quantitative estimate of drug-likeness (QED) is 0.639. The maximum atomic E-state index is 13.9. The van der Waals surface area contributed by atoms with Gasteiger partial charge in [-0.25, -0.2) is 18.2 Å². The predicted molar refractivity (Wildman–Crippen MR) is 105 cm³/mol. The molecule has 0 saturated carbocycles. The third kappa shape index (κ3) is 4.49. The Morgan fingerprint density at radius 2 is 1.66 bits per heavy atom. The minimum atomic E-state index is -0.840. The van der Waals surface area contributed by atoms with Gasteiger partial charge in [0.1, 0.15) is 22.5 Å². The van der Waals surface area contributed by atoms with Crippen LogP contribution in [0.3, 0.4) is 0 Å². The number of benzene rings is 2. The largest absolute Gasteiger partial charge is 0.336 e. The van der Waals surface area contributed by atoms with Crippen molar-refractivity contribution in [3.63, 3.8) is 0 Å².